The van der Waals surface area contributed by atoms with E-state index < -0.39 is 0 Å². The largest absolute Gasteiger partial charge is 0.373 e. The Labute approximate surface area is 172 Å². The van der Waals surface area contributed by atoms with E-state index in [1.165, 1.54) is 33.4 Å². The third-order valence-corrected chi connectivity index (χ3v) is 6.22. The molecular formula is C26H27NO2. The van der Waals surface area contributed by atoms with E-state index in [4.69, 9.17) is 15.2 Å². The molecule has 0 saturated heterocycles. The van der Waals surface area contributed by atoms with Gasteiger partial charge in [0, 0.05) is 6.42 Å². The van der Waals surface area contributed by atoms with Crippen LogP contribution in [0.25, 0.3) is 0 Å². The molecule has 5 rings (SSSR count). The van der Waals surface area contributed by atoms with Gasteiger partial charge in [-0.15, -0.1) is 0 Å². The Morgan fingerprint density at radius 2 is 1.21 bits per heavy atom. The first-order valence-electron chi connectivity index (χ1n) is 10.5. The topological polar surface area (TPSA) is 44.5 Å². The summed E-state index contributed by atoms with van der Waals surface area (Å²) < 4.78 is 12.3. The molecule has 2 atom stereocenters. The molecule has 2 aliphatic carbocycles. The van der Waals surface area contributed by atoms with Crippen molar-refractivity contribution in [2.24, 2.45) is 5.73 Å². The van der Waals surface area contributed by atoms with Gasteiger partial charge in [-0.25, -0.2) is 0 Å². The average molecular weight is 386 g/mol. The summed E-state index contributed by atoms with van der Waals surface area (Å²) in [6, 6.07) is 25.5. The predicted molar refractivity (Wildman–Crippen MR) is 115 cm³/mol. The molecule has 3 heteroatoms. The van der Waals surface area contributed by atoms with Crippen LogP contribution in [0.15, 0.2) is 72.8 Å². The van der Waals surface area contributed by atoms with E-state index in [9.17, 15) is 0 Å². The van der Waals surface area contributed by atoms with Crippen molar-refractivity contribution in [3.8, 4) is 0 Å². The van der Waals surface area contributed by atoms with E-state index in [0.717, 1.165) is 19.3 Å². The van der Waals surface area contributed by atoms with Crippen LogP contribution in [0.5, 0.6) is 0 Å². The van der Waals surface area contributed by atoms with Crippen molar-refractivity contribution >= 4 is 0 Å². The van der Waals surface area contributed by atoms with Gasteiger partial charge in [0.15, 0.2) is 0 Å². The lowest BCUT2D eigenvalue weighted by atomic mass is 10.1. The average Bonchev–Trinajstić information content (AvgIpc) is 3.32. The first-order chi connectivity index (χ1) is 14.3. The summed E-state index contributed by atoms with van der Waals surface area (Å²) in [6.45, 7) is 1.24. The highest BCUT2D eigenvalue weighted by atomic mass is 16.5. The van der Waals surface area contributed by atoms with Crippen molar-refractivity contribution in [3.05, 3.63) is 106 Å². The number of rotatable bonds is 6. The highest BCUT2D eigenvalue weighted by molar-refractivity contribution is 5.36. The minimum atomic E-state index is -0.0330. The summed E-state index contributed by atoms with van der Waals surface area (Å²) in [7, 11) is 0. The van der Waals surface area contributed by atoms with Gasteiger partial charge in [-0.3, -0.25) is 0 Å². The van der Waals surface area contributed by atoms with Crippen LogP contribution in [0.2, 0.25) is 0 Å². The van der Waals surface area contributed by atoms with Crippen molar-refractivity contribution < 1.29 is 9.47 Å². The van der Waals surface area contributed by atoms with Gasteiger partial charge in [0.2, 0.25) is 0 Å². The molecule has 29 heavy (non-hydrogen) atoms. The Kier molecular flexibility index (Phi) is 5.19. The Balaban J connectivity index is 1.11. The second-order valence-corrected chi connectivity index (χ2v) is 8.20. The quantitative estimate of drug-likeness (QED) is 0.679. The van der Waals surface area contributed by atoms with Crippen molar-refractivity contribution in [3.63, 3.8) is 0 Å². The zero-order valence-electron chi connectivity index (χ0n) is 16.6. The fraction of sp³-hybridized carbons (Fsp3) is 0.308. The number of fused-ring (bicyclic) bond motifs is 2. The van der Waals surface area contributed by atoms with E-state index in [1.54, 1.807) is 0 Å². The molecule has 0 spiro atoms. The lowest BCUT2D eigenvalue weighted by Crippen LogP contribution is -2.25. The molecule has 3 aromatic carbocycles. The lowest BCUT2D eigenvalue weighted by molar-refractivity contribution is 0.0312. The normalized spacial score (nSPS) is 20.6. The molecule has 3 nitrogen and oxygen atoms in total. The van der Waals surface area contributed by atoms with Crippen molar-refractivity contribution in [1.82, 2.24) is 0 Å². The zero-order valence-corrected chi connectivity index (χ0v) is 16.6. The number of hydrogen-bond acceptors (Lipinski definition) is 3. The number of hydrogen-bond donors (Lipinski definition) is 1. The molecule has 0 aliphatic heterocycles. The zero-order chi connectivity index (χ0) is 19.6. The van der Waals surface area contributed by atoms with E-state index in [1.807, 2.05) is 6.07 Å². The molecular weight excluding hydrogens is 358 g/mol. The van der Waals surface area contributed by atoms with Crippen LogP contribution >= 0.6 is 0 Å². The molecule has 0 aromatic heterocycles. The fourth-order valence-corrected chi connectivity index (χ4v) is 4.54. The van der Waals surface area contributed by atoms with Crippen LogP contribution in [0.3, 0.4) is 0 Å². The van der Waals surface area contributed by atoms with Crippen LogP contribution in [0.1, 0.15) is 39.4 Å². The van der Waals surface area contributed by atoms with E-state index >= 15 is 0 Å². The third kappa shape index (κ3) is 3.99. The Hall–Kier alpha value is -2.46. The summed E-state index contributed by atoms with van der Waals surface area (Å²) in [5.74, 6) is 0. The standard InChI is InChI=1S/C26H27NO2/c27-26-24-8-4-3-7-22(24)15-25(26)29-17-19-11-9-18(10-12-19)16-28-23-13-20-5-1-2-6-21(20)14-23/h1-12,23,25-26H,13-17,27H2/t25-,26+/m1/s1. The van der Waals surface area contributed by atoms with Crippen LogP contribution in [0.4, 0.5) is 0 Å². The second kappa shape index (κ2) is 8.11. The first kappa shape index (κ1) is 18.6. The van der Waals surface area contributed by atoms with Crippen LogP contribution in [-0.4, -0.2) is 12.2 Å². The summed E-state index contributed by atoms with van der Waals surface area (Å²) in [5.41, 5.74) is 14.1. The smallest absolute Gasteiger partial charge is 0.0812 e. The van der Waals surface area contributed by atoms with E-state index in [0.29, 0.717) is 19.3 Å². The molecule has 2 aliphatic rings. The fourth-order valence-electron chi connectivity index (χ4n) is 4.54. The van der Waals surface area contributed by atoms with Gasteiger partial charge in [0.25, 0.3) is 0 Å². The van der Waals surface area contributed by atoms with Crippen molar-refractivity contribution in [2.45, 2.75) is 50.7 Å². The van der Waals surface area contributed by atoms with Gasteiger partial charge in [-0.2, -0.15) is 0 Å². The molecule has 0 bridgehead atoms. The number of nitrogens with two attached hydrogens (primary N) is 1. The van der Waals surface area contributed by atoms with Gasteiger partial charge in [-0.1, -0.05) is 72.8 Å². The van der Waals surface area contributed by atoms with Gasteiger partial charge >= 0.3 is 0 Å². The SMILES string of the molecule is N[C@H]1c2ccccc2C[C@H]1OCc1ccc(COC2Cc3ccccc3C2)cc1. The Morgan fingerprint density at radius 3 is 1.83 bits per heavy atom. The molecule has 0 radical (unpaired) electrons. The molecule has 0 heterocycles. The number of benzene rings is 3. The van der Waals surface area contributed by atoms with Crippen LogP contribution < -0.4 is 5.73 Å². The van der Waals surface area contributed by atoms with Gasteiger partial charge in [0.1, 0.15) is 0 Å². The van der Waals surface area contributed by atoms with Crippen molar-refractivity contribution in [2.75, 3.05) is 0 Å². The summed E-state index contributed by atoms with van der Waals surface area (Å²) in [4.78, 5) is 0. The minimum Gasteiger partial charge on any atom is -0.373 e. The molecule has 2 N–H and O–H groups in total. The van der Waals surface area contributed by atoms with E-state index in [-0.39, 0.29) is 12.1 Å². The Bertz CT molecular complexity index is 957. The minimum absolute atomic E-state index is 0.0330. The maximum Gasteiger partial charge on any atom is 0.0812 e. The van der Waals surface area contributed by atoms with Gasteiger partial charge in [0.05, 0.1) is 31.5 Å². The highest BCUT2D eigenvalue weighted by Crippen LogP contribution is 2.32. The summed E-state index contributed by atoms with van der Waals surface area (Å²) >= 11 is 0. The number of ether oxygens (including phenoxy) is 2. The van der Waals surface area contributed by atoms with E-state index in [2.05, 4.69) is 66.7 Å². The molecule has 3 aromatic rings. The van der Waals surface area contributed by atoms with Crippen LogP contribution in [-0.2, 0) is 41.9 Å². The van der Waals surface area contributed by atoms with Crippen molar-refractivity contribution in [1.29, 1.82) is 0 Å². The van der Waals surface area contributed by atoms with Gasteiger partial charge in [-0.05, 0) is 46.2 Å². The molecule has 148 valence electrons. The summed E-state index contributed by atoms with van der Waals surface area (Å²) in [6.07, 6.45) is 3.28. The molecule has 0 saturated carbocycles. The molecule has 0 fully saturated rings. The van der Waals surface area contributed by atoms with Crippen LogP contribution in [0, 0.1) is 0 Å². The predicted octanol–water partition coefficient (Wildman–Crippen LogP) is 4.51. The maximum absolute atomic E-state index is 6.37. The Morgan fingerprint density at radius 1 is 0.655 bits per heavy atom. The summed E-state index contributed by atoms with van der Waals surface area (Å²) in [5, 5.41) is 0. The monoisotopic (exact) mass is 385 g/mol. The molecule has 0 amide bonds. The second-order valence-electron chi connectivity index (χ2n) is 8.20. The lowest BCUT2D eigenvalue weighted by Gasteiger charge is -2.17. The highest BCUT2D eigenvalue weighted by Gasteiger charge is 2.29. The van der Waals surface area contributed by atoms with Gasteiger partial charge < -0.3 is 15.2 Å². The third-order valence-electron chi connectivity index (χ3n) is 6.22. The molecule has 0 unspecified atom stereocenters. The maximum atomic E-state index is 6.37. The first-order valence-corrected chi connectivity index (χ1v) is 10.5.